The van der Waals surface area contributed by atoms with Crippen molar-refractivity contribution in [2.75, 3.05) is 6.54 Å². The van der Waals surface area contributed by atoms with Crippen LogP contribution in [0.4, 0.5) is 0 Å². The van der Waals surface area contributed by atoms with Crippen molar-refractivity contribution in [1.82, 2.24) is 10.3 Å². The van der Waals surface area contributed by atoms with Gasteiger partial charge in [-0.05, 0) is 38.9 Å². The predicted octanol–water partition coefficient (Wildman–Crippen LogP) is 2.01. The van der Waals surface area contributed by atoms with Crippen LogP contribution in [0.25, 0.3) is 10.9 Å². The lowest BCUT2D eigenvalue weighted by molar-refractivity contribution is 0.0940. The zero-order chi connectivity index (χ0) is 13.8. The summed E-state index contributed by atoms with van der Waals surface area (Å²) in [6, 6.07) is 9.58. The molecule has 100 valence electrons. The largest absolute Gasteiger partial charge is 0.350 e. The highest BCUT2D eigenvalue weighted by Crippen LogP contribution is 2.18. The van der Waals surface area contributed by atoms with E-state index in [1.807, 2.05) is 44.2 Å². The zero-order valence-electron chi connectivity index (χ0n) is 11.3. The third-order valence-electron chi connectivity index (χ3n) is 3.07. The Balaban J connectivity index is 2.36. The van der Waals surface area contributed by atoms with Gasteiger partial charge in [-0.2, -0.15) is 0 Å². The molecule has 4 nitrogen and oxygen atoms in total. The Morgan fingerprint density at radius 1 is 1.42 bits per heavy atom. The molecule has 1 atom stereocenters. The Morgan fingerprint density at radius 2 is 2.16 bits per heavy atom. The number of hydrogen-bond acceptors (Lipinski definition) is 3. The van der Waals surface area contributed by atoms with Crippen molar-refractivity contribution in [3.63, 3.8) is 0 Å². The minimum Gasteiger partial charge on any atom is -0.350 e. The molecule has 2 rings (SSSR count). The van der Waals surface area contributed by atoms with E-state index in [0.717, 1.165) is 23.0 Å². The van der Waals surface area contributed by atoms with Crippen molar-refractivity contribution in [1.29, 1.82) is 0 Å². The average molecular weight is 257 g/mol. The van der Waals surface area contributed by atoms with Crippen molar-refractivity contribution in [2.45, 2.75) is 26.3 Å². The van der Waals surface area contributed by atoms with Crippen molar-refractivity contribution in [3.05, 3.63) is 41.6 Å². The predicted molar refractivity (Wildman–Crippen MR) is 77.1 cm³/mol. The van der Waals surface area contributed by atoms with E-state index < -0.39 is 0 Å². The van der Waals surface area contributed by atoms with E-state index in [1.165, 1.54) is 0 Å². The standard InChI is InChI=1S/C15H19N3O/c1-10(7-8-16)18-15(19)13-9-11(2)17-14-6-4-3-5-12(13)14/h3-6,9-10H,7-8,16H2,1-2H3,(H,18,19). The summed E-state index contributed by atoms with van der Waals surface area (Å²) >= 11 is 0. The van der Waals surface area contributed by atoms with E-state index in [9.17, 15) is 4.79 Å². The summed E-state index contributed by atoms with van der Waals surface area (Å²) in [4.78, 5) is 16.8. The first-order valence-electron chi connectivity index (χ1n) is 6.49. The van der Waals surface area contributed by atoms with Gasteiger partial charge < -0.3 is 11.1 Å². The van der Waals surface area contributed by atoms with Gasteiger partial charge in [-0.3, -0.25) is 9.78 Å². The number of rotatable bonds is 4. The lowest BCUT2D eigenvalue weighted by Gasteiger charge is -2.14. The van der Waals surface area contributed by atoms with Crippen molar-refractivity contribution < 1.29 is 4.79 Å². The first kappa shape index (κ1) is 13.5. The maximum atomic E-state index is 12.3. The molecule has 0 radical (unpaired) electrons. The second-order valence-corrected chi connectivity index (χ2v) is 4.78. The minimum absolute atomic E-state index is 0.0670. The molecule has 4 heteroatoms. The Labute approximate surface area is 113 Å². The fourth-order valence-corrected chi connectivity index (χ4v) is 2.12. The van der Waals surface area contributed by atoms with E-state index in [4.69, 9.17) is 5.73 Å². The maximum absolute atomic E-state index is 12.3. The van der Waals surface area contributed by atoms with Gasteiger partial charge in [0.25, 0.3) is 5.91 Å². The molecule has 0 saturated carbocycles. The second kappa shape index (κ2) is 5.80. The average Bonchev–Trinajstić information content (AvgIpc) is 2.37. The van der Waals surface area contributed by atoms with Gasteiger partial charge in [0.05, 0.1) is 11.1 Å². The number of fused-ring (bicyclic) bond motifs is 1. The van der Waals surface area contributed by atoms with Crippen LogP contribution in [0.1, 0.15) is 29.4 Å². The van der Waals surface area contributed by atoms with E-state index in [2.05, 4.69) is 10.3 Å². The molecule has 0 aliphatic heterocycles. The maximum Gasteiger partial charge on any atom is 0.252 e. The molecule has 0 fully saturated rings. The molecule has 0 aliphatic rings. The van der Waals surface area contributed by atoms with Gasteiger partial charge in [0, 0.05) is 17.1 Å². The molecule has 0 saturated heterocycles. The second-order valence-electron chi connectivity index (χ2n) is 4.78. The van der Waals surface area contributed by atoms with Crippen molar-refractivity contribution in [2.24, 2.45) is 5.73 Å². The van der Waals surface area contributed by atoms with Crippen LogP contribution in [0.3, 0.4) is 0 Å². The van der Waals surface area contributed by atoms with Crippen LogP contribution in [-0.2, 0) is 0 Å². The van der Waals surface area contributed by atoms with E-state index in [-0.39, 0.29) is 11.9 Å². The number of carbonyl (C=O) groups is 1. The van der Waals surface area contributed by atoms with Gasteiger partial charge in [0.1, 0.15) is 0 Å². The number of nitrogens with zero attached hydrogens (tertiary/aromatic N) is 1. The molecule has 1 amide bonds. The molecule has 3 N–H and O–H groups in total. The SMILES string of the molecule is Cc1cc(C(=O)NC(C)CCN)c2ccccc2n1. The lowest BCUT2D eigenvalue weighted by atomic mass is 10.1. The number of amides is 1. The number of aromatic nitrogens is 1. The Morgan fingerprint density at radius 3 is 2.89 bits per heavy atom. The number of carbonyl (C=O) groups excluding carboxylic acids is 1. The minimum atomic E-state index is -0.0670. The van der Waals surface area contributed by atoms with Crippen LogP contribution in [0.5, 0.6) is 0 Å². The summed E-state index contributed by atoms with van der Waals surface area (Å²) in [5, 5.41) is 3.85. The first-order chi connectivity index (χ1) is 9.11. The molecule has 1 aromatic carbocycles. The molecule has 2 aromatic rings. The summed E-state index contributed by atoms with van der Waals surface area (Å²) < 4.78 is 0. The Kier molecular flexibility index (Phi) is 4.12. The Bertz CT molecular complexity index is 595. The number of benzene rings is 1. The van der Waals surface area contributed by atoms with Crippen LogP contribution < -0.4 is 11.1 Å². The zero-order valence-corrected chi connectivity index (χ0v) is 11.3. The molecular weight excluding hydrogens is 238 g/mol. The van der Waals surface area contributed by atoms with Crippen LogP contribution in [-0.4, -0.2) is 23.5 Å². The van der Waals surface area contributed by atoms with Crippen LogP contribution in [0, 0.1) is 6.92 Å². The summed E-state index contributed by atoms with van der Waals surface area (Å²) in [5.74, 6) is -0.0670. The number of para-hydroxylation sites is 1. The molecule has 1 heterocycles. The highest BCUT2D eigenvalue weighted by Gasteiger charge is 2.13. The fourth-order valence-electron chi connectivity index (χ4n) is 2.12. The van der Waals surface area contributed by atoms with Crippen LogP contribution >= 0.6 is 0 Å². The summed E-state index contributed by atoms with van der Waals surface area (Å²) in [5.41, 5.74) is 7.86. The normalized spacial score (nSPS) is 12.4. The topological polar surface area (TPSA) is 68.0 Å². The van der Waals surface area contributed by atoms with E-state index in [0.29, 0.717) is 12.1 Å². The smallest absolute Gasteiger partial charge is 0.252 e. The number of nitrogens with two attached hydrogens (primary N) is 1. The summed E-state index contributed by atoms with van der Waals surface area (Å²) in [6.45, 7) is 4.42. The Hall–Kier alpha value is -1.94. The van der Waals surface area contributed by atoms with Crippen LogP contribution in [0.2, 0.25) is 0 Å². The number of pyridine rings is 1. The van der Waals surface area contributed by atoms with Gasteiger partial charge in [0.15, 0.2) is 0 Å². The third kappa shape index (κ3) is 3.09. The third-order valence-corrected chi connectivity index (χ3v) is 3.07. The number of nitrogens with one attached hydrogen (secondary N) is 1. The molecule has 0 bridgehead atoms. The highest BCUT2D eigenvalue weighted by atomic mass is 16.1. The van der Waals surface area contributed by atoms with E-state index in [1.54, 1.807) is 0 Å². The lowest BCUT2D eigenvalue weighted by Crippen LogP contribution is -2.34. The molecule has 19 heavy (non-hydrogen) atoms. The number of aryl methyl sites for hydroxylation is 1. The first-order valence-corrected chi connectivity index (χ1v) is 6.49. The van der Waals surface area contributed by atoms with Gasteiger partial charge in [-0.15, -0.1) is 0 Å². The molecule has 0 aliphatic carbocycles. The van der Waals surface area contributed by atoms with Gasteiger partial charge >= 0.3 is 0 Å². The molecule has 0 spiro atoms. The summed E-state index contributed by atoms with van der Waals surface area (Å²) in [6.07, 6.45) is 0.772. The van der Waals surface area contributed by atoms with Gasteiger partial charge in [-0.1, -0.05) is 18.2 Å². The molecule has 1 unspecified atom stereocenters. The molecular formula is C15H19N3O. The monoisotopic (exact) mass is 257 g/mol. The van der Waals surface area contributed by atoms with Gasteiger partial charge in [0.2, 0.25) is 0 Å². The van der Waals surface area contributed by atoms with E-state index >= 15 is 0 Å². The van der Waals surface area contributed by atoms with Crippen molar-refractivity contribution in [3.8, 4) is 0 Å². The summed E-state index contributed by atoms with van der Waals surface area (Å²) in [7, 11) is 0. The van der Waals surface area contributed by atoms with Crippen molar-refractivity contribution >= 4 is 16.8 Å². The number of hydrogen-bond donors (Lipinski definition) is 2. The quantitative estimate of drug-likeness (QED) is 0.880. The van der Waals surface area contributed by atoms with Crippen LogP contribution in [0.15, 0.2) is 30.3 Å². The van der Waals surface area contributed by atoms with Gasteiger partial charge in [-0.25, -0.2) is 0 Å². The fraction of sp³-hybridized carbons (Fsp3) is 0.333. The molecule has 1 aromatic heterocycles. The highest BCUT2D eigenvalue weighted by molar-refractivity contribution is 6.06.